The number of carbonyl (C=O) groups excluding carboxylic acids is 2. The summed E-state index contributed by atoms with van der Waals surface area (Å²) in [5.74, 6) is -0.356. The molecule has 0 bridgehead atoms. The second-order valence-electron chi connectivity index (χ2n) is 5.25. The Kier molecular flexibility index (Phi) is 7.19. The van der Waals surface area contributed by atoms with E-state index in [4.69, 9.17) is 11.6 Å². The summed E-state index contributed by atoms with van der Waals surface area (Å²) in [6.45, 7) is 5.99. The van der Waals surface area contributed by atoms with Gasteiger partial charge in [0.1, 0.15) is 6.04 Å². The quantitative estimate of drug-likeness (QED) is 0.690. The van der Waals surface area contributed by atoms with Crippen LogP contribution in [0.25, 0.3) is 0 Å². The molecule has 0 aromatic heterocycles. The third-order valence-corrected chi connectivity index (χ3v) is 3.29. The maximum Gasteiger partial charge on any atom is 0.275 e. The molecule has 6 heteroatoms. The lowest BCUT2D eigenvalue weighted by Crippen LogP contribution is -2.87. The summed E-state index contributed by atoms with van der Waals surface area (Å²) in [6.07, 6.45) is 0. The fourth-order valence-corrected chi connectivity index (χ4v) is 2.19. The molecule has 2 amide bonds. The molecule has 21 heavy (non-hydrogen) atoms. The summed E-state index contributed by atoms with van der Waals surface area (Å²) in [7, 11) is 0. The first-order valence-electron chi connectivity index (χ1n) is 7.04. The highest BCUT2D eigenvalue weighted by molar-refractivity contribution is 6.31. The molecule has 5 nitrogen and oxygen atoms in total. The molecule has 4 N–H and O–H groups in total. The van der Waals surface area contributed by atoms with E-state index in [0.717, 1.165) is 5.56 Å². The average Bonchev–Trinajstić information content (AvgIpc) is 2.42. The number of rotatable bonds is 7. The van der Waals surface area contributed by atoms with Gasteiger partial charge in [-0.25, -0.2) is 0 Å². The minimum Gasteiger partial charge on any atom is -0.352 e. The van der Waals surface area contributed by atoms with E-state index in [1.807, 2.05) is 50.4 Å². The van der Waals surface area contributed by atoms with E-state index < -0.39 is 0 Å². The zero-order valence-corrected chi connectivity index (χ0v) is 13.4. The van der Waals surface area contributed by atoms with Gasteiger partial charge in [0.25, 0.3) is 5.91 Å². The molecule has 0 fully saturated rings. The van der Waals surface area contributed by atoms with Crippen LogP contribution < -0.4 is 16.0 Å². The van der Waals surface area contributed by atoms with Crippen molar-refractivity contribution in [2.24, 2.45) is 0 Å². The summed E-state index contributed by atoms with van der Waals surface area (Å²) < 4.78 is 0. The van der Waals surface area contributed by atoms with E-state index in [1.54, 1.807) is 0 Å². The van der Waals surface area contributed by atoms with Crippen molar-refractivity contribution in [3.8, 4) is 0 Å². The van der Waals surface area contributed by atoms with Gasteiger partial charge in [-0.05, 0) is 26.8 Å². The Morgan fingerprint density at radius 1 is 1.19 bits per heavy atom. The molecule has 0 saturated carbocycles. The van der Waals surface area contributed by atoms with Crippen LogP contribution in [0.5, 0.6) is 0 Å². The van der Waals surface area contributed by atoms with Gasteiger partial charge in [0.05, 0.1) is 6.54 Å². The zero-order chi connectivity index (χ0) is 15.8. The van der Waals surface area contributed by atoms with E-state index in [2.05, 4.69) is 10.6 Å². The SMILES string of the molecule is CC(C)NC(=O)CNC(=O)C[NH2+][C@H](C)c1ccccc1Cl. The molecule has 1 aromatic rings. The summed E-state index contributed by atoms with van der Waals surface area (Å²) in [6, 6.07) is 7.71. The molecule has 0 aliphatic rings. The van der Waals surface area contributed by atoms with Gasteiger partial charge >= 0.3 is 0 Å². The molecular formula is C15H23ClN3O2+. The third kappa shape index (κ3) is 6.60. The minimum absolute atomic E-state index is 0.00529. The number of carbonyl (C=O) groups is 2. The Balaban J connectivity index is 2.33. The molecule has 0 heterocycles. The van der Waals surface area contributed by atoms with Gasteiger partial charge in [0.2, 0.25) is 5.91 Å². The fourth-order valence-electron chi connectivity index (χ4n) is 1.88. The standard InChI is InChI=1S/C15H22ClN3O2/c1-10(2)19-15(21)9-18-14(20)8-17-11(3)12-6-4-5-7-13(12)16/h4-7,10-11,17H,8-9H2,1-3H3,(H,18,20)(H,19,21)/p+1/t11-/m1/s1. The van der Waals surface area contributed by atoms with Crippen molar-refractivity contribution in [3.63, 3.8) is 0 Å². The van der Waals surface area contributed by atoms with Gasteiger partial charge in [-0.15, -0.1) is 0 Å². The Bertz CT molecular complexity index is 492. The second kappa shape index (κ2) is 8.64. The highest BCUT2D eigenvalue weighted by Gasteiger charge is 2.14. The maximum absolute atomic E-state index is 11.7. The van der Waals surface area contributed by atoms with Crippen LogP contribution in [0.3, 0.4) is 0 Å². The maximum atomic E-state index is 11.7. The number of amides is 2. The summed E-state index contributed by atoms with van der Waals surface area (Å²) in [5, 5.41) is 7.89. The van der Waals surface area contributed by atoms with Crippen molar-refractivity contribution in [1.82, 2.24) is 10.6 Å². The molecule has 1 aromatic carbocycles. The van der Waals surface area contributed by atoms with Crippen LogP contribution in [0.4, 0.5) is 0 Å². The summed E-state index contributed by atoms with van der Waals surface area (Å²) in [4.78, 5) is 23.1. The van der Waals surface area contributed by atoms with Crippen LogP contribution in [0.2, 0.25) is 5.02 Å². The van der Waals surface area contributed by atoms with Crippen molar-refractivity contribution in [2.75, 3.05) is 13.1 Å². The van der Waals surface area contributed by atoms with Gasteiger partial charge in [-0.1, -0.05) is 29.8 Å². The molecule has 0 unspecified atom stereocenters. The first-order valence-corrected chi connectivity index (χ1v) is 7.41. The van der Waals surface area contributed by atoms with Gasteiger partial charge < -0.3 is 16.0 Å². The highest BCUT2D eigenvalue weighted by Crippen LogP contribution is 2.19. The topological polar surface area (TPSA) is 74.8 Å². The number of hydrogen-bond acceptors (Lipinski definition) is 2. The van der Waals surface area contributed by atoms with Crippen LogP contribution >= 0.6 is 11.6 Å². The van der Waals surface area contributed by atoms with E-state index in [1.165, 1.54) is 0 Å². The largest absolute Gasteiger partial charge is 0.352 e. The van der Waals surface area contributed by atoms with Gasteiger partial charge in [0.15, 0.2) is 6.54 Å². The van der Waals surface area contributed by atoms with Crippen LogP contribution in [0, 0.1) is 0 Å². The Hall–Kier alpha value is -1.59. The molecule has 0 aliphatic carbocycles. The molecule has 1 atom stereocenters. The lowest BCUT2D eigenvalue weighted by Gasteiger charge is -2.13. The van der Waals surface area contributed by atoms with Crippen molar-refractivity contribution in [3.05, 3.63) is 34.9 Å². The monoisotopic (exact) mass is 312 g/mol. The van der Waals surface area contributed by atoms with Crippen LogP contribution in [-0.2, 0) is 9.59 Å². The number of nitrogens with two attached hydrogens (primary N) is 1. The van der Waals surface area contributed by atoms with Crippen molar-refractivity contribution >= 4 is 23.4 Å². The van der Waals surface area contributed by atoms with E-state index in [0.29, 0.717) is 5.02 Å². The van der Waals surface area contributed by atoms with Crippen LogP contribution in [0.15, 0.2) is 24.3 Å². The van der Waals surface area contributed by atoms with Gasteiger partial charge in [0, 0.05) is 16.6 Å². The number of quaternary nitrogens is 1. The van der Waals surface area contributed by atoms with Gasteiger partial charge in [-0.3, -0.25) is 9.59 Å². The number of halogens is 1. The fraction of sp³-hybridized carbons (Fsp3) is 0.467. The Morgan fingerprint density at radius 3 is 2.48 bits per heavy atom. The lowest BCUT2D eigenvalue weighted by atomic mass is 10.1. The lowest BCUT2D eigenvalue weighted by molar-refractivity contribution is -0.682. The zero-order valence-electron chi connectivity index (χ0n) is 12.7. The molecule has 116 valence electrons. The van der Waals surface area contributed by atoms with E-state index in [9.17, 15) is 9.59 Å². The minimum atomic E-state index is -0.183. The second-order valence-corrected chi connectivity index (χ2v) is 5.66. The molecule has 0 aliphatic heterocycles. The smallest absolute Gasteiger partial charge is 0.275 e. The predicted octanol–water partition coefficient (Wildman–Crippen LogP) is 0.605. The Labute approximate surface area is 130 Å². The molecule has 0 spiro atoms. The first-order chi connectivity index (χ1) is 9.90. The van der Waals surface area contributed by atoms with Crippen molar-refractivity contribution < 1.29 is 14.9 Å². The normalized spacial score (nSPS) is 12.0. The van der Waals surface area contributed by atoms with Crippen LogP contribution in [0.1, 0.15) is 32.4 Å². The number of nitrogens with one attached hydrogen (secondary N) is 2. The van der Waals surface area contributed by atoms with E-state index in [-0.39, 0.29) is 37.0 Å². The van der Waals surface area contributed by atoms with Gasteiger partial charge in [-0.2, -0.15) is 0 Å². The molecule has 0 radical (unpaired) electrons. The summed E-state index contributed by atoms with van der Waals surface area (Å²) >= 11 is 6.11. The highest BCUT2D eigenvalue weighted by atomic mass is 35.5. The van der Waals surface area contributed by atoms with Crippen LogP contribution in [-0.4, -0.2) is 30.9 Å². The number of hydrogen-bond donors (Lipinski definition) is 3. The summed E-state index contributed by atoms with van der Waals surface area (Å²) in [5.41, 5.74) is 0.990. The molecule has 1 rings (SSSR count). The first kappa shape index (κ1) is 17.5. The predicted molar refractivity (Wildman–Crippen MR) is 82.9 cm³/mol. The van der Waals surface area contributed by atoms with Crippen molar-refractivity contribution in [1.29, 1.82) is 0 Å². The molecular weight excluding hydrogens is 290 g/mol. The Morgan fingerprint density at radius 2 is 1.86 bits per heavy atom. The average molecular weight is 313 g/mol. The molecule has 0 saturated heterocycles. The van der Waals surface area contributed by atoms with Crippen molar-refractivity contribution in [2.45, 2.75) is 32.9 Å². The van der Waals surface area contributed by atoms with E-state index >= 15 is 0 Å². The third-order valence-electron chi connectivity index (χ3n) is 2.95. The number of benzene rings is 1.